The third-order valence-electron chi connectivity index (χ3n) is 4.03. The Hall–Kier alpha value is -0.610. The fraction of sp³-hybridized carbons (Fsp3) is 0.923. The van der Waals surface area contributed by atoms with Crippen molar-refractivity contribution in [3.8, 4) is 0 Å². The first-order valence-corrected chi connectivity index (χ1v) is 6.61. The molecular weight excluding hydrogens is 218 g/mol. The van der Waals surface area contributed by atoms with Gasteiger partial charge in [0.05, 0.1) is 13.2 Å². The van der Waals surface area contributed by atoms with Gasteiger partial charge in [0.25, 0.3) is 0 Å². The number of methoxy groups -OCH3 is 1. The van der Waals surface area contributed by atoms with Gasteiger partial charge >= 0.3 is 5.97 Å². The summed E-state index contributed by atoms with van der Waals surface area (Å²) in [5.41, 5.74) is -0.458. The largest absolute Gasteiger partial charge is 0.468 e. The van der Waals surface area contributed by atoms with Crippen LogP contribution in [-0.2, 0) is 14.3 Å². The lowest BCUT2D eigenvalue weighted by atomic mass is 9.96. The van der Waals surface area contributed by atoms with Gasteiger partial charge in [0, 0.05) is 13.2 Å². The fourth-order valence-electron chi connectivity index (χ4n) is 3.02. The Kier molecular flexibility index (Phi) is 4.05. The smallest absolute Gasteiger partial charge is 0.326 e. The molecule has 1 heterocycles. The molecule has 3 unspecified atom stereocenters. The zero-order valence-corrected chi connectivity index (χ0v) is 10.8. The SMILES string of the molecule is COC(=O)C1(NCC2CCCO2)CCC(C)C1. The lowest BCUT2D eigenvalue weighted by molar-refractivity contribution is -0.148. The molecule has 1 saturated heterocycles. The average Bonchev–Trinajstić information content (AvgIpc) is 2.95. The third kappa shape index (κ3) is 2.80. The van der Waals surface area contributed by atoms with Crippen LogP contribution in [0.25, 0.3) is 0 Å². The van der Waals surface area contributed by atoms with Gasteiger partial charge in [0.2, 0.25) is 0 Å². The van der Waals surface area contributed by atoms with Crippen LogP contribution >= 0.6 is 0 Å². The Morgan fingerprint density at radius 3 is 2.88 bits per heavy atom. The second-order valence-electron chi connectivity index (χ2n) is 5.44. The Labute approximate surface area is 103 Å². The molecule has 4 heteroatoms. The molecule has 0 amide bonds. The molecule has 2 fully saturated rings. The second-order valence-corrected chi connectivity index (χ2v) is 5.44. The Balaban J connectivity index is 1.93. The van der Waals surface area contributed by atoms with Crippen LogP contribution in [0.5, 0.6) is 0 Å². The van der Waals surface area contributed by atoms with E-state index < -0.39 is 5.54 Å². The highest BCUT2D eigenvalue weighted by Gasteiger charge is 2.45. The van der Waals surface area contributed by atoms with Crippen LogP contribution in [0, 0.1) is 5.92 Å². The van der Waals surface area contributed by atoms with Gasteiger partial charge in [-0.2, -0.15) is 0 Å². The number of ether oxygens (including phenoxy) is 2. The summed E-state index contributed by atoms with van der Waals surface area (Å²) < 4.78 is 10.5. The lowest BCUT2D eigenvalue weighted by Crippen LogP contribution is -2.53. The fourth-order valence-corrected chi connectivity index (χ4v) is 3.02. The molecule has 98 valence electrons. The summed E-state index contributed by atoms with van der Waals surface area (Å²) in [6.07, 6.45) is 5.36. The first-order chi connectivity index (χ1) is 8.16. The van der Waals surface area contributed by atoms with Crippen LogP contribution < -0.4 is 5.32 Å². The van der Waals surface area contributed by atoms with E-state index in [9.17, 15) is 4.79 Å². The molecule has 0 aromatic rings. The van der Waals surface area contributed by atoms with Crippen molar-refractivity contribution < 1.29 is 14.3 Å². The number of esters is 1. The van der Waals surface area contributed by atoms with Crippen molar-refractivity contribution in [2.45, 2.75) is 50.7 Å². The molecule has 1 aliphatic carbocycles. The summed E-state index contributed by atoms with van der Waals surface area (Å²) in [4.78, 5) is 12.0. The summed E-state index contributed by atoms with van der Waals surface area (Å²) in [6.45, 7) is 3.81. The van der Waals surface area contributed by atoms with E-state index >= 15 is 0 Å². The molecule has 0 spiro atoms. The van der Waals surface area contributed by atoms with Gasteiger partial charge < -0.3 is 9.47 Å². The maximum absolute atomic E-state index is 12.0. The molecule has 3 atom stereocenters. The standard InChI is InChI=1S/C13H23NO3/c1-10-5-6-13(8-10,12(15)16-2)14-9-11-4-3-7-17-11/h10-11,14H,3-9H2,1-2H3. The number of hydrogen-bond acceptors (Lipinski definition) is 4. The van der Waals surface area contributed by atoms with Crippen molar-refractivity contribution in [3.05, 3.63) is 0 Å². The zero-order chi connectivity index (χ0) is 12.3. The van der Waals surface area contributed by atoms with E-state index in [2.05, 4.69) is 12.2 Å². The maximum Gasteiger partial charge on any atom is 0.326 e. The van der Waals surface area contributed by atoms with Gasteiger partial charge in [-0.15, -0.1) is 0 Å². The quantitative estimate of drug-likeness (QED) is 0.757. The maximum atomic E-state index is 12.0. The summed E-state index contributed by atoms with van der Waals surface area (Å²) in [5.74, 6) is 0.478. The minimum Gasteiger partial charge on any atom is -0.468 e. The van der Waals surface area contributed by atoms with E-state index in [0.29, 0.717) is 5.92 Å². The second kappa shape index (κ2) is 5.36. The summed E-state index contributed by atoms with van der Waals surface area (Å²) in [5, 5.41) is 3.42. The Morgan fingerprint density at radius 2 is 2.35 bits per heavy atom. The monoisotopic (exact) mass is 241 g/mol. The number of nitrogens with one attached hydrogen (secondary N) is 1. The highest BCUT2D eigenvalue weighted by atomic mass is 16.5. The van der Waals surface area contributed by atoms with Gasteiger partial charge in [-0.25, -0.2) is 0 Å². The minimum atomic E-state index is -0.458. The van der Waals surface area contributed by atoms with Gasteiger partial charge in [-0.3, -0.25) is 10.1 Å². The average molecular weight is 241 g/mol. The first-order valence-electron chi connectivity index (χ1n) is 6.61. The van der Waals surface area contributed by atoms with Crippen molar-refractivity contribution in [2.24, 2.45) is 5.92 Å². The van der Waals surface area contributed by atoms with E-state index in [1.807, 2.05) is 0 Å². The van der Waals surface area contributed by atoms with Gasteiger partial charge in [-0.1, -0.05) is 6.92 Å². The number of carbonyl (C=O) groups is 1. The summed E-state index contributed by atoms with van der Waals surface area (Å²) >= 11 is 0. The predicted octanol–water partition coefficient (Wildman–Crippen LogP) is 1.49. The zero-order valence-electron chi connectivity index (χ0n) is 10.8. The van der Waals surface area contributed by atoms with E-state index in [1.165, 1.54) is 7.11 Å². The van der Waals surface area contributed by atoms with Crippen molar-refractivity contribution >= 4 is 5.97 Å². The molecule has 0 radical (unpaired) electrons. The normalized spacial score (nSPS) is 37.3. The highest BCUT2D eigenvalue weighted by Crippen LogP contribution is 2.35. The van der Waals surface area contributed by atoms with Crippen LogP contribution in [-0.4, -0.2) is 37.9 Å². The molecule has 1 N–H and O–H groups in total. The third-order valence-corrected chi connectivity index (χ3v) is 4.03. The van der Waals surface area contributed by atoms with Crippen molar-refractivity contribution in [1.29, 1.82) is 0 Å². The van der Waals surface area contributed by atoms with E-state index in [-0.39, 0.29) is 12.1 Å². The van der Waals surface area contributed by atoms with Crippen LogP contribution in [0.1, 0.15) is 39.0 Å². The van der Waals surface area contributed by atoms with Gasteiger partial charge in [0.15, 0.2) is 0 Å². The van der Waals surface area contributed by atoms with Crippen LogP contribution in [0.4, 0.5) is 0 Å². The lowest BCUT2D eigenvalue weighted by Gasteiger charge is -2.29. The Bertz CT molecular complexity index is 276. The van der Waals surface area contributed by atoms with Crippen molar-refractivity contribution in [2.75, 3.05) is 20.3 Å². The Morgan fingerprint density at radius 1 is 1.53 bits per heavy atom. The first kappa shape index (κ1) is 12.8. The van der Waals surface area contributed by atoms with E-state index in [4.69, 9.17) is 9.47 Å². The predicted molar refractivity (Wildman–Crippen MR) is 64.7 cm³/mol. The molecule has 0 aromatic heterocycles. The number of hydrogen-bond donors (Lipinski definition) is 1. The topological polar surface area (TPSA) is 47.6 Å². The van der Waals surface area contributed by atoms with Crippen LogP contribution in [0.15, 0.2) is 0 Å². The van der Waals surface area contributed by atoms with E-state index in [1.54, 1.807) is 0 Å². The van der Waals surface area contributed by atoms with Gasteiger partial charge in [-0.05, 0) is 38.0 Å². The van der Waals surface area contributed by atoms with E-state index in [0.717, 1.165) is 45.3 Å². The van der Waals surface area contributed by atoms with Crippen LogP contribution in [0.3, 0.4) is 0 Å². The number of carbonyl (C=O) groups excluding carboxylic acids is 1. The molecule has 2 aliphatic rings. The minimum absolute atomic E-state index is 0.111. The number of rotatable bonds is 4. The molecular formula is C13H23NO3. The molecule has 4 nitrogen and oxygen atoms in total. The van der Waals surface area contributed by atoms with Crippen molar-refractivity contribution in [3.63, 3.8) is 0 Å². The summed E-state index contributed by atoms with van der Waals surface area (Å²) in [6, 6.07) is 0. The molecule has 1 aliphatic heterocycles. The van der Waals surface area contributed by atoms with Crippen LogP contribution in [0.2, 0.25) is 0 Å². The molecule has 0 aromatic carbocycles. The molecule has 2 rings (SSSR count). The highest BCUT2D eigenvalue weighted by molar-refractivity contribution is 5.81. The molecule has 17 heavy (non-hydrogen) atoms. The summed E-state index contributed by atoms with van der Waals surface area (Å²) in [7, 11) is 1.47. The molecule has 1 saturated carbocycles. The van der Waals surface area contributed by atoms with Gasteiger partial charge in [0.1, 0.15) is 5.54 Å². The molecule has 0 bridgehead atoms. The van der Waals surface area contributed by atoms with Crippen molar-refractivity contribution in [1.82, 2.24) is 5.32 Å².